The minimum Gasteiger partial charge on any atom is -0.306 e. The van der Waals surface area contributed by atoms with Gasteiger partial charge in [-0.05, 0) is 27.7 Å². The average molecular weight is 397 g/mol. The van der Waals surface area contributed by atoms with Gasteiger partial charge in [0.1, 0.15) is 0 Å². The normalized spacial score (nSPS) is 13.6. The Kier molecular flexibility index (Phi) is 9.04. The van der Waals surface area contributed by atoms with Crippen molar-refractivity contribution in [3.05, 3.63) is 0 Å². The van der Waals surface area contributed by atoms with E-state index in [1.165, 1.54) is 27.7 Å². The number of isocyanates is 1. The molecule has 0 aromatic carbocycles. The van der Waals surface area contributed by atoms with Crippen LogP contribution in [0.4, 0.5) is 13.2 Å². The lowest BCUT2D eigenvalue weighted by Crippen LogP contribution is -2.45. The van der Waals surface area contributed by atoms with Crippen molar-refractivity contribution in [1.82, 2.24) is 0 Å². The fourth-order valence-corrected chi connectivity index (χ4v) is 6.89. The average Bonchev–Trinajstić information content (AvgIpc) is 2.44. The minimum absolute atomic E-state index is 0.498. The van der Waals surface area contributed by atoms with Crippen LogP contribution in [0.5, 0.6) is 0 Å². The Labute approximate surface area is 137 Å². The SMILES string of the molecule is CCOP(=O)(OCC)C(N=C=O)(C(F)(F)F)P(=O)(OCC)OCC. The molecule has 24 heavy (non-hydrogen) atoms. The van der Waals surface area contributed by atoms with Crippen molar-refractivity contribution in [3.63, 3.8) is 0 Å². The van der Waals surface area contributed by atoms with Crippen molar-refractivity contribution in [3.8, 4) is 0 Å². The first kappa shape index (κ1) is 23.5. The molecule has 142 valence electrons. The number of halogens is 3. The quantitative estimate of drug-likeness (QED) is 0.294. The van der Waals surface area contributed by atoms with E-state index < -0.39 is 52.8 Å². The third-order valence-electron chi connectivity index (χ3n) is 2.54. The number of carbonyl (C=O) groups excluding carboxylic acids is 1. The molecule has 0 radical (unpaired) electrons. The molecule has 0 N–H and O–H groups in total. The summed E-state index contributed by atoms with van der Waals surface area (Å²) in [7, 11) is -10.7. The third kappa shape index (κ3) is 4.17. The highest BCUT2D eigenvalue weighted by Gasteiger charge is 2.81. The predicted molar refractivity (Wildman–Crippen MR) is 78.6 cm³/mol. The van der Waals surface area contributed by atoms with Gasteiger partial charge in [0.05, 0.1) is 26.4 Å². The van der Waals surface area contributed by atoms with Gasteiger partial charge in [-0.25, -0.2) is 4.79 Å². The predicted octanol–water partition coefficient (Wildman–Crippen LogP) is 4.07. The van der Waals surface area contributed by atoms with Gasteiger partial charge in [-0.2, -0.15) is 18.2 Å². The Morgan fingerprint density at radius 2 is 1.12 bits per heavy atom. The van der Waals surface area contributed by atoms with Crippen LogP contribution >= 0.6 is 15.2 Å². The van der Waals surface area contributed by atoms with Gasteiger partial charge in [0, 0.05) is 0 Å². The molecule has 0 aliphatic heterocycles. The van der Waals surface area contributed by atoms with E-state index in [1.807, 2.05) is 0 Å². The van der Waals surface area contributed by atoms with Crippen LogP contribution in [0.3, 0.4) is 0 Å². The second-order valence-electron chi connectivity index (χ2n) is 4.00. The van der Waals surface area contributed by atoms with Gasteiger partial charge in [0.15, 0.2) is 0 Å². The number of rotatable bonds is 11. The number of alkyl halides is 3. The fourth-order valence-electron chi connectivity index (χ4n) is 1.82. The molecule has 0 atom stereocenters. The van der Waals surface area contributed by atoms with Gasteiger partial charge in [-0.15, -0.1) is 0 Å². The van der Waals surface area contributed by atoms with E-state index in [-0.39, 0.29) is 0 Å². The minimum atomic E-state index is -5.62. The monoisotopic (exact) mass is 397 g/mol. The van der Waals surface area contributed by atoms with Gasteiger partial charge in [-0.1, -0.05) is 0 Å². The van der Waals surface area contributed by atoms with E-state index in [0.29, 0.717) is 6.08 Å². The lowest BCUT2D eigenvalue weighted by atomic mass is 10.6. The maximum absolute atomic E-state index is 13.9. The molecule has 0 spiro atoms. The van der Waals surface area contributed by atoms with Gasteiger partial charge < -0.3 is 18.1 Å². The van der Waals surface area contributed by atoms with Crippen LogP contribution < -0.4 is 0 Å². The van der Waals surface area contributed by atoms with E-state index in [4.69, 9.17) is 0 Å². The first-order valence-electron chi connectivity index (χ1n) is 6.99. The van der Waals surface area contributed by atoms with Crippen LogP contribution in [0, 0.1) is 0 Å². The zero-order valence-electron chi connectivity index (χ0n) is 13.7. The number of nitrogens with zero attached hydrogens (tertiary/aromatic N) is 1. The number of aliphatic imine (C=N–C) groups is 1. The Bertz CT molecular complexity index is 498. The van der Waals surface area contributed by atoms with E-state index in [2.05, 4.69) is 23.1 Å². The van der Waals surface area contributed by atoms with Crippen LogP contribution in [-0.2, 0) is 32.0 Å². The summed E-state index contributed by atoms with van der Waals surface area (Å²) in [5.41, 5.74) is 0. The molecule has 0 saturated heterocycles. The lowest BCUT2D eigenvalue weighted by molar-refractivity contribution is -0.150. The van der Waals surface area contributed by atoms with Crippen molar-refractivity contribution < 1.29 is 45.2 Å². The van der Waals surface area contributed by atoms with E-state index in [1.54, 1.807) is 0 Å². The van der Waals surface area contributed by atoms with Crippen molar-refractivity contribution >= 4 is 21.3 Å². The van der Waals surface area contributed by atoms with Crippen molar-refractivity contribution in [1.29, 1.82) is 0 Å². The maximum atomic E-state index is 13.9. The highest BCUT2D eigenvalue weighted by Crippen LogP contribution is 2.82. The van der Waals surface area contributed by atoms with E-state index in [9.17, 15) is 27.1 Å². The van der Waals surface area contributed by atoms with Crippen molar-refractivity contribution in [2.45, 2.75) is 38.9 Å². The van der Waals surface area contributed by atoms with Crippen LogP contribution in [0.1, 0.15) is 27.7 Å². The zero-order valence-corrected chi connectivity index (χ0v) is 15.5. The van der Waals surface area contributed by atoms with Gasteiger partial charge in [0.2, 0.25) is 6.08 Å². The number of hydrogen-bond acceptors (Lipinski definition) is 8. The molecular weight excluding hydrogens is 377 g/mol. The Morgan fingerprint density at radius 1 is 0.833 bits per heavy atom. The molecule has 0 fully saturated rings. The second kappa shape index (κ2) is 9.25. The zero-order chi connectivity index (χ0) is 19.1. The second-order valence-corrected chi connectivity index (χ2v) is 8.67. The molecule has 0 saturated carbocycles. The first-order valence-corrected chi connectivity index (χ1v) is 10.1. The molecule has 0 rings (SSSR count). The topological polar surface area (TPSA) is 100 Å². The fraction of sp³-hybridized carbons (Fsp3) is 0.909. The Hall–Kier alpha value is -0.530. The number of hydrogen-bond donors (Lipinski definition) is 0. The summed E-state index contributed by atoms with van der Waals surface area (Å²) in [5, 5.41) is -4.17. The van der Waals surface area contributed by atoms with Crippen LogP contribution in [0.2, 0.25) is 0 Å². The molecule has 0 amide bonds. The molecule has 0 aromatic rings. The van der Waals surface area contributed by atoms with Crippen LogP contribution in [0.25, 0.3) is 0 Å². The van der Waals surface area contributed by atoms with Crippen molar-refractivity contribution in [2.75, 3.05) is 26.4 Å². The van der Waals surface area contributed by atoms with E-state index >= 15 is 0 Å². The van der Waals surface area contributed by atoms with Crippen LogP contribution in [-0.4, -0.2) is 43.7 Å². The molecule has 0 aliphatic carbocycles. The standard InChI is InChI=1S/C11H20F3NO7P2/c1-5-19-23(17,20-6-2)11(15-9-16,10(12,13)14)24(18,21-7-3)22-8-4/h5-8H2,1-4H3. The molecule has 0 bridgehead atoms. The van der Waals surface area contributed by atoms with E-state index in [0.717, 1.165) is 0 Å². The Morgan fingerprint density at radius 3 is 1.29 bits per heavy atom. The van der Waals surface area contributed by atoms with Crippen molar-refractivity contribution in [2.24, 2.45) is 4.99 Å². The summed E-state index contributed by atoms with van der Waals surface area (Å²) in [6.45, 7) is 2.97. The van der Waals surface area contributed by atoms with Crippen LogP contribution in [0.15, 0.2) is 4.99 Å². The molecule has 0 unspecified atom stereocenters. The molecule has 0 aromatic heterocycles. The summed E-state index contributed by atoms with van der Waals surface area (Å²) in [6, 6.07) is 0. The summed E-state index contributed by atoms with van der Waals surface area (Å²) >= 11 is 0. The third-order valence-corrected chi connectivity index (χ3v) is 8.64. The largest absolute Gasteiger partial charge is 0.438 e. The molecule has 0 heterocycles. The van der Waals surface area contributed by atoms with Gasteiger partial charge >= 0.3 is 26.4 Å². The smallest absolute Gasteiger partial charge is 0.306 e. The summed E-state index contributed by atoms with van der Waals surface area (Å²) in [5.74, 6) is 0. The molecule has 13 heteroatoms. The highest BCUT2D eigenvalue weighted by molar-refractivity contribution is 7.74. The van der Waals surface area contributed by atoms with Gasteiger partial charge in [0.25, 0.3) is 0 Å². The summed E-state index contributed by atoms with van der Waals surface area (Å²) in [6.07, 6.45) is -4.97. The molecule has 8 nitrogen and oxygen atoms in total. The van der Waals surface area contributed by atoms with Gasteiger partial charge in [-0.3, -0.25) is 9.13 Å². The summed E-state index contributed by atoms with van der Waals surface area (Å²) < 4.78 is 86.2. The molecule has 0 aliphatic rings. The maximum Gasteiger partial charge on any atom is 0.438 e. The summed E-state index contributed by atoms with van der Waals surface area (Å²) in [4.78, 5) is 13.3. The first-order chi connectivity index (χ1) is 11.1. The lowest BCUT2D eigenvalue weighted by Gasteiger charge is -2.38. The highest BCUT2D eigenvalue weighted by atomic mass is 31.2. The Balaban J connectivity index is 6.95. The molecular formula is C11H20F3NO7P2.